The van der Waals surface area contributed by atoms with Gasteiger partial charge >= 0.3 is 5.97 Å². The van der Waals surface area contributed by atoms with E-state index in [9.17, 15) is 18.4 Å². The minimum atomic E-state index is -1.14. The van der Waals surface area contributed by atoms with Crippen LogP contribution in [0.15, 0.2) is 42.5 Å². The zero-order valence-electron chi connectivity index (χ0n) is 11.4. The zero-order valence-corrected chi connectivity index (χ0v) is 11.4. The summed E-state index contributed by atoms with van der Waals surface area (Å²) in [5.41, 5.74) is 0.770. The van der Waals surface area contributed by atoms with Crippen LogP contribution in [0.4, 0.5) is 8.78 Å². The van der Waals surface area contributed by atoms with Crippen molar-refractivity contribution in [1.29, 1.82) is 0 Å². The zero-order chi connectivity index (χ0) is 16.1. The van der Waals surface area contributed by atoms with E-state index in [0.29, 0.717) is 5.56 Å². The fourth-order valence-electron chi connectivity index (χ4n) is 1.71. The van der Waals surface area contributed by atoms with Crippen molar-refractivity contribution >= 4 is 11.8 Å². The van der Waals surface area contributed by atoms with E-state index in [-0.39, 0.29) is 17.7 Å². The maximum Gasteiger partial charge on any atom is 0.338 e. The number of aliphatic hydroxyl groups excluding tert-OH is 1. The van der Waals surface area contributed by atoms with Crippen LogP contribution in [-0.4, -0.2) is 23.5 Å². The molecule has 0 spiro atoms. The van der Waals surface area contributed by atoms with Crippen molar-refractivity contribution in [1.82, 2.24) is 0 Å². The molecule has 0 unspecified atom stereocenters. The number of aliphatic hydroxyl groups is 1. The molecular weight excluding hydrogens is 294 g/mol. The van der Waals surface area contributed by atoms with Gasteiger partial charge in [-0.25, -0.2) is 13.6 Å². The topological polar surface area (TPSA) is 63.6 Å². The van der Waals surface area contributed by atoms with Crippen LogP contribution in [0.1, 0.15) is 26.3 Å². The summed E-state index contributed by atoms with van der Waals surface area (Å²) in [5.74, 6) is -3.56. The van der Waals surface area contributed by atoms with Crippen LogP contribution < -0.4 is 0 Å². The highest BCUT2D eigenvalue weighted by molar-refractivity contribution is 5.99. The van der Waals surface area contributed by atoms with Gasteiger partial charge in [-0.1, -0.05) is 12.1 Å². The second-order valence-electron chi connectivity index (χ2n) is 4.48. The molecule has 2 aromatic rings. The minimum Gasteiger partial charge on any atom is -0.454 e. The molecule has 0 aliphatic rings. The molecule has 0 aromatic heterocycles. The maximum absolute atomic E-state index is 13.0. The van der Waals surface area contributed by atoms with Gasteiger partial charge in [-0.2, -0.15) is 0 Å². The highest BCUT2D eigenvalue weighted by Gasteiger charge is 2.13. The summed E-state index contributed by atoms with van der Waals surface area (Å²) >= 11 is 0. The third-order valence-corrected chi connectivity index (χ3v) is 2.95. The third kappa shape index (κ3) is 3.73. The lowest BCUT2D eigenvalue weighted by atomic mass is 10.1. The fourth-order valence-corrected chi connectivity index (χ4v) is 1.71. The molecule has 0 heterocycles. The maximum atomic E-state index is 13.0. The van der Waals surface area contributed by atoms with Crippen molar-refractivity contribution in [2.24, 2.45) is 0 Å². The number of hydrogen-bond acceptors (Lipinski definition) is 4. The second kappa shape index (κ2) is 6.91. The Hall–Kier alpha value is -2.60. The Morgan fingerprint density at radius 1 is 0.955 bits per heavy atom. The predicted molar refractivity (Wildman–Crippen MR) is 73.3 cm³/mol. The highest BCUT2D eigenvalue weighted by Crippen LogP contribution is 2.10. The van der Waals surface area contributed by atoms with E-state index in [1.807, 2.05) is 0 Å². The van der Waals surface area contributed by atoms with Crippen molar-refractivity contribution in [2.45, 2.75) is 6.61 Å². The molecule has 0 bridgehead atoms. The molecule has 6 heteroatoms. The molecule has 1 N–H and O–H groups in total. The molecule has 2 aromatic carbocycles. The molecule has 0 radical (unpaired) electrons. The lowest BCUT2D eigenvalue weighted by Gasteiger charge is -2.05. The quantitative estimate of drug-likeness (QED) is 0.681. The molecule has 2 rings (SSSR count). The molecular formula is C16H12F2O4. The number of carbonyl (C=O) groups is 2. The van der Waals surface area contributed by atoms with E-state index in [1.165, 1.54) is 12.1 Å². The van der Waals surface area contributed by atoms with Gasteiger partial charge in [0.25, 0.3) is 0 Å². The Bertz CT molecular complexity index is 696. The summed E-state index contributed by atoms with van der Waals surface area (Å²) in [6.07, 6.45) is 0. The first kappa shape index (κ1) is 15.8. The highest BCUT2D eigenvalue weighted by atomic mass is 19.2. The van der Waals surface area contributed by atoms with Gasteiger partial charge in [0.05, 0.1) is 12.2 Å². The number of carbonyl (C=O) groups excluding carboxylic acids is 2. The molecule has 0 aliphatic heterocycles. The number of Topliss-reactive ketones (excluding diaryl/α,β-unsaturated/α-hetero) is 1. The van der Waals surface area contributed by atoms with Crippen LogP contribution >= 0.6 is 0 Å². The second-order valence-corrected chi connectivity index (χ2v) is 4.48. The van der Waals surface area contributed by atoms with E-state index in [2.05, 4.69) is 0 Å². The first-order valence-electron chi connectivity index (χ1n) is 6.36. The molecule has 22 heavy (non-hydrogen) atoms. The van der Waals surface area contributed by atoms with Crippen LogP contribution in [0.25, 0.3) is 0 Å². The Morgan fingerprint density at radius 3 is 2.18 bits per heavy atom. The number of halogens is 2. The Labute approximate surface area is 125 Å². The minimum absolute atomic E-state index is 0.0812. The number of rotatable bonds is 5. The standard InChI is InChI=1S/C16H12F2O4/c17-13-6-5-12(7-14(13)18)15(20)9-22-16(21)11-3-1-10(8-19)2-4-11/h1-7,19H,8-9H2. The summed E-state index contributed by atoms with van der Waals surface area (Å²) in [6, 6.07) is 8.71. The van der Waals surface area contributed by atoms with Gasteiger partial charge in [0.1, 0.15) is 0 Å². The van der Waals surface area contributed by atoms with Crippen LogP contribution in [-0.2, 0) is 11.3 Å². The Balaban J connectivity index is 1.97. The van der Waals surface area contributed by atoms with Gasteiger partial charge in [-0.05, 0) is 35.9 Å². The van der Waals surface area contributed by atoms with E-state index in [1.54, 1.807) is 12.1 Å². The van der Waals surface area contributed by atoms with Gasteiger partial charge in [0.15, 0.2) is 24.0 Å². The number of ketones is 1. The first-order chi connectivity index (χ1) is 10.5. The fraction of sp³-hybridized carbons (Fsp3) is 0.125. The van der Waals surface area contributed by atoms with Crippen LogP contribution in [0.2, 0.25) is 0 Å². The monoisotopic (exact) mass is 306 g/mol. The predicted octanol–water partition coefficient (Wildman–Crippen LogP) is 2.50. The van der Waals surface area contributed by atoms with Crippen molar-refractivity contribution in [3.05, 3.63) is 70.8 Å². The lowest BCUT2D eigenvalue weighted by Crippen LogP contribution is -2.14. The molecule has 0 atom stereocenters. The number of benzene rings is 2. The summed E-state index contributed by atoms with van der Waals surface area (Å²) in [7, 11) is 0. The summed E-state index contributed by atoms with van der Waals surface area (Å²) in [6.45, 7) is -0.727. The van der Waals surface area contributed by atoms with E-state index >= 15 is 0 Å². The van der Waals surface area contributed by atoms with Gasteiger partial charge in [-0.3, -0.25) is 4.79 Å². The van der Waals surface area contributed by atoms with Crippen LogP contribution in [0, 0.1) is 11.6 Å². The smallest absolute Gasteiger partial charge is 0.338 e. The van der Waals surface area contributed by atoms with E-state index in [0.717, 1.165) is 18.2 Å². The van der Waals surface area contributed by atoms with Crippen LogP contribution in [0.3, 0.4) is 0 Å². The molecule has 0 saturated heterocycles. The number of ether oxygens (including phenoxy) is 1. The van der Waals surface area contributed by atoms with Gasteiger partial charge in [0, 0.05) is 5.56 Å². The van der Waals surface area contributed by atoms with Crippen molar-refractivity contribution in [2.75, 3.05) is 6.61 Å². The molecule has 0 aliphatic carbocycles. The third-order valence-electron chi connectivity index (χ3n) is 2.95. The molecule has 0 fully saturated rings. The van der Waals surface area contributed by atoms with E-state index in [4.69, 9.17) is 9.84 Å². The van der Waals surface area contributed by atoms with E-state index < -0.39 is 30.0 Å². The van der Waals surface area contributed by atoms with Crippen molar-refractivity contribution in [3.63, 3.8) is 0 Å². The summed E-state index contributed by atoms with van der Waals surface area (Å²) < 4.78 is 30.6. The first-order valence-corrected chi connectivity index (χ1v) is 6.36. The Kier molecular flexibility index (Phi) is 4.95. The molecule has 4 nitrogen and oxygen atoms in total. The van der Waals surface area contributed by atoms with Gasteiger partial charge in [-0.15, -0.1) is 0 Å². The van der Waals surface area contributed by atoms with Gasteiger partial charge in [0.2, 0.25) is 0 Å². The average Bonchev–Trinajstić information content (AvgIpc) is 2.54. The number of esters is 1. The normalized spacial score (nSPS) is 10.3. The summed E-state index contributed by atoms with van der Waals surface area (Å²) in [5, 5.41) is 8.89. The van der Waals surface area contributed by atoms with Crippen molar-refractivity contribution < 1.29 is 28.2 Å². The lowest BCUT2D eigenvalue weighted by molar-refractivity contribution is 0.0474. The van der Waals surface area contributed by atoms with Crippen molar-refractivity contribution in [3.8, 4) is 0 Å². The number of hydrogen-bond donors (Lipinski definition) is 1. The molecule has 114 valence electrons. The van der Waals surface area contributed by atoms with Crippen LogP contribution in [0.5, 0.6) is 0 Å². The average molecular weight is 306 g/mol. The molecule has 0 saturated carbocycles. The SMILES string of the molecule is O=C(COC(=O)c1ccc(CO)cc1)c1ccc(F)c(F)c1. The van der Waals surface area contributed by atoms with Gasteiger partial charge < -0.3 is 9.84 Å². The molecule has 0 amide bonds. The largest absolute Gasteiger partial charge is 0.454 e. The summed E-state index contributed by atoms with van der Waals surface area (Å²) in [4.78, 5) is 23.5. The Morgan fingerprint density at radius 2 is 1.59 bits per heavy atom.